The third-order valence-corrected chi connectivity index (χ3v) is 3.44. The monoisotopic (exact) mass is 269 g/mol. The normalized spacial score (nSPS) is 10.6. The lowest BCUT2D eigenvalue weighted by molar-refractivity contribution is 0.502. The van der Waals surface area contributed by atoms with Crippen molar-refractivity contribution in [3.8, 4) is 0 Å². The Morgan fingerprint density at radius 3 is 2.50 bits per heavy atom. The van der Waals surface area contributed by atoms with Gasteiger partial charge in [-0.15, -0.1) is 11.8 Å². The van der Waals surface area contributed by atoms with Crippen LogP contribution < -0.4 is 5.73 Å². The van der Waals surface area contributed by atoms with Crippen molar-refractivity contribution in [1.29, 1.82) is 0 Å². The first kappa shape index (κ1) is 12.8. The molecule has 0 aromatic heterocycles. The third kappa shape index (κ3) is 2.79. The molecule has 0 saturated heterocycles. The van der Waals surface area contributed by atoms with Crippen molar-refractivity contribution >= 4 is 17.4 Å². The van der Waals surface area contributed by atoms with E-state index in [2.05, 4.69) is 0 Å². The fourth-order valence-corrected chi connectivity index (χ4v) is 2.31. The predicted molar refractivity (Wildman–Crippen MR) is 66.7 cm³/mol. The molecule has 2 N–H and O–H groups in total. The van der Waals surface area contributed by atoms with Crippen molar-refractivity contribution in [1.82, 2.24) is 0 Å². The van der Waals surface area contributed by atoms with Gasteiger partial charge in [-0.1, -0.05) is 12.1 Å². The molecule has 18 heavy (non-hydrogen) atoms. The Labute approximate surface area is 107 Å². The second-order valence-corrected chi connectivity index (χ2v) is 4.73. The van der Waals surface area contributed by atoms with Crippen molar-refractivity contribution in [3.63, 3.8) is 0 Å². The number of anilines is 1. The molecule has 0 saturated carbocycles. The smallest absolute Gasteiger partial charge is 0.162 e. The van der Waals surface area contributed by atoms with Crippen molar-refractivity contribution in [2.75, 3.05) is 5.73 Å². The van der Waals surface area contributed by atoms with Crippen LogP contribution in [0.2, 0.25) is 0 Å². The molecule has 0 atom stereocenters. The molecule has 2 rings (SSSR count). The fraction of sp³-hybridized carbons (Fsp3) is 0.0769. The Hall–Kier alpha value is -1.62. The van der Waals surface area contributed by atoms with Crippen molar-refractivity contribution in [3.05, 3.63) is 59.4 Å². The number of hydrogen-bond acceptors (Lipinski definition) is 2. The SMILES string of the molecule is Nc1ccc(SCc2cccc(F)c2F)cc1F. The molecule has 0 aliphatic rings. The maximum Gasteiger partial charge on any atom is 0.162 e. The summed E-state index contributed by atoms with van der Waals surface area (Å²) in [6.45, 7) is 0. The second kappa shape index (κ2) is 5.35. The lowest BCUT2D eigenvalue weighted by Crippen LogP contribution is -1.93. The average Bonchev–Trinajstić information content (AvgIpc) is 2.35. The molecular weight excluding hydrogens is 259 g/mol. The Bertz CT molecular complexity index is 572. The highest BCUT2D eigenvalue weighted by molar-refractivity contribution is 7.98. The third-order valence-electron chi connectivity index (χ3n) is 2.40. The lowest BCUT2D eigenvalue weighted by atomic mass is 10.2. The van der Waals surface area contributed by atoms with Crippen LogP contribution in [-0.4, -0.2) is 0 Å². The van der Waals surface area contributed by atoms with E-state index in [9.17, 15) is 13.2 Å². The molecule has 0 amide bonds. The quantitative estimate of drug-likeness (QED) is 0.673. The van der Waals surface area contributed by atoms with E-state index < -0.39 is 17.5 Å². The number of rotatable bonds is 3. The van der Waals surface area contributed by atoms with Crippen LogP contribution in [0.5, 0.6) is 0 Å². The summed E-state index contributed by atoms with van der Waals surface area (Å²) in [4.78, 5) is 0.616. The van der Waals surface area contributed by atoms with Gasteiger partial charge >= 0.3 is 0 Å². The highest BCUT2D eigenvalue weighted by Crippen LogP contribution is 2.26. The Balaban J connectivity index is 2.11. The van der Waals surface area contributed by atoms with Crippen LogP contribution in [0.1, 0.15) is 5.56 Å². The van der Waals surface area contributed by atoms with Crippen LogP contribution in [0.25, 0.3) is 0 Å². The largest absolute Gasteiger partial charge is 0.396 e. The summed E-state index contributed by atoms with van der Waals surface area (Å²) in [7, 11) is 0. The van der Waals surface area contributed by atoms with Gasteiger partial charge in [0.25, 0.3) is 0 Å². The minimum Gasteiger partial charge on any atom is -0.396 e. The molecular formula is C13H10F3NS. The summed E-state index contributed by atoms with van der Waals surface area (Å²) in [5.74, 6) is -2.02. The van der Waals surface area contributed by atoms with Gasteiger partial charge in [0.05, 0.1) is 5.69 Å². The first-order chi connectivity index (χ1) is 8.58. The summed E-state index contributed by atoms with van der Waals surface area (Å²) in [5, 5.41) is 0. The molecule has 94 valence electrons. The van der Waals surface area contributed by atoms with Crippen molar-refractivity contribution in [2.45, 2.75) is 10.6 Å². The van der Waals surface area contributed by atoms with E-state index >= 15 is 0 Å². The molecule has 0 heterocycles. The second-order valence-electron chi connectivity index (χ2n) is 3.68. The minimum absolute atomic E-state index is 0.0660. The maximum absolute atomic E-state index is 13.4. The highest BCUT2D eigenvalue weighted by Gasteiger charge is 2.08. The van der Waals surface area contributed by atoms with Gasteiger partial charge in [-0.3, -0.25) is 0 Å². The van der Waals surface area contributed by atoms with Crippen LogP contribution in [0, 0.1) is 17.5 Å². The van der Waals surface area contributed by atoms with E-state index in [0.29, 0.717) is 4.90 Å². The lowest BCUT2D eigenvalue weighted by Gasteiger charge is -2.05. The van der Waals surface area contributed by atoms with Crippen LogP contribution in [0.3, 0.4) is 0 Å². The minimum atomic E-state index is -0.878. The van der Waals surface area contributed by atoms with Gasteiger partial charge in [-0.25, -0.2) is 13.2 Å². The number of nitrogens with two attached hydrogens (primary N) is 1. The summed E-state index contributed by atoms with van der Waals surface area (Å²) in [6, 6.07) is 8.36. The summed E-state index contributed by atoms with van der Waals surface area (Å²) in [6.07, 6.45) is 0. The fourth-order valence-electron chi connectivity index (χ4n) is 1.42. The van der Waals surface area contributed by atoms with Crippen molar-refractivity contribution in [2.24, 2.45) is 0 Å². The molecule has 0 radical (unpaired) electrons. The number of hydrogen-bond donors (Lipinski definition) is 1. The van der Waals surface area contributed by atoms with E-state index in [1.54, 1.807) is 6.07 Å². The molecule has 0 aliphatic carbocycles. The van der Waals surface area contributed by atoms with Gasteiger partial charge in [0.1, 0.15) is 5.82 Å². The topological polar surface area (TPSA) is 26.0 Å². The molecule has 2 aromatic rings. The number of nitrogen functional groups attached to an aromatic ring is 1. The molecule has 1 nitrogen and oxygen atoms in total. The van der Waals surface area contributed by atoms with E-state index in [4.69, 9.17) is 5.73 Å². The predicted octanol–water partition coefficient (Wildman–Crippen LogP) is 3.98. The Morgan fingerprint density at radius 1 is 1.00 bits per heavy atom. The van der Waals surface area contributed by atoms with E-state index in [-0.39, 0.29) is 17.0 Å². The Kier molecular flexibility index (Phi) is 3.81. The van der Waals surface area contributed by atoms with E-state index in [1.807, 2.05) is 0 Å². The average molecular weight is 269 g/mol. The standard InChI is InChI=1S/C13H10F3NS/c14-10-3-1-2-8(13(10)16)7-18-9-4-5-12(17)11(15)6-9/h1-6H,7,17H2. The summed E-state index contributed by atoms with van der Waals surface area (Å²) < 4.78 is 39.5. The molecule has 0 unspecified atom stereocenters. The number of benzene rings is 2. The molecule has 0 fully saturated rings. The van der Waals surface area contributed by atoms with Crippen LogP contribution in [-0.2, 0) is 5.75 Å². The number of thioether (sulfide) groups is 1. The molecule has 0 aliphatic heterocycles. The first-order valence-electron chi connectivity index (χ1n) is 5.18. The summed E-state index contributed by atoms with van der Waals surface area (Å²) in [5.41, 5.74) is 5.66. The summed E-state index contributed by atoms with van der Waals surface area (Å²) >= 11 is 1.22. The zero-order chi connectivity index (χ0) is 13.1. The van der Waals surface area contributed by atoms with Gasteiger partial charge < -0.3 is 5.73 Å². The van der Waals surface area contributed by atoms with Gasteiger partial charge in [0.2, 0.25) is 0 Å². The molecule has 0 bridgehead atoms. The molecule has 2 aromatic carbocycles. The molecule has 0 spiro atoms. The van der Waals surface area contributed by atoms with Crippen LogP contribution >= 0.6 is 11.8 Å². The van der Waals surface area contributed by atoms with Gasteiger partial charge in [0, 0.05) is 16.2 Å². The Morgan fingerprint density at radius 2 is 1.78 bits per heavy atom. The first-order valence-corrected chi connectivity index (χ1v) is 6.17. The van der Waals surface area contributed by atoms with Crippen LogP contribution in [0.15, 0.2) is 41.3 Å². The molecule has 5 heteroatoms. The van der Waals surface area contributed by atoms with Crippen LogP contribution in [0.4, 0.5) is 18.9 Å². The zero-order valence-electron chi connectivity index (χ0n) is 9.29. The van der Waals surface area contributed by atoms with Crippen molar-refractivity contribution < 1.29 is 13.2 Å². The van der Waals surface area contributed by atoms with E-state index in [1.165, 1.54) is 36.0 Å². The highest BCUT2D eigenvalue weighted by atomic mass is 32.2. The van der Waals surface area contributed by atoms with Gasteiger partial charge in [0.15, 0.2) is 11.6 Å². The van der Waals surface area contributed by atoms with Gasteiger partial charge in [-0.2, -0.15) is 0 Å². The maximum atomic E-state index is 13.4. The van der Waals surface area contributed by atoms with E-state index in [0.717, 1.165) is 6.07 Å². The van der Waals surface area contributed by atoms with Gasteiger partial charge in [-0.05, 0) is 24.3 Å². The number of halogens is 3. The zero-order valence-corrected chi connectivity index (χ0v) is 10.1.